The highest BCUT2D eigenvalue weighted by Crippen LogP contribution is 2.33. The molecule has 23 heavy (non-hydrogen) atoms. The van der Waals surface area contributed by atoms with Crippen molar-refractivity contribution in [2.24, 2.45) is 5.92 Å². The van der Waals surface area contributed by atoms with Gasteiger partial charge in [0.15, 0.2) is 0 Å². The van der Waals surface area contributed by atoms with Crippen LogP contribution in [0.4, 0.5) is 0 Å². The summed E-state index contributed by atoms with van der Waals surface area (Å²) in [7, 11) is 1.64. The Bertz CT molecular complexity index is 256. The second-order valence-corrected chi connectivity index (χ2v) is 7.81. The molecule has 0 aliphatic rings. The van der Waals surface area contributed by atoms with Crippen LogP contribution in [-0.4, -0.2) is 23.3 Å². The van der Waals surface area contributed by atoms with Crippen molar-refractivity contribution in [1.82, 2.24) is 0 Å². The number of ether oxygens (including phenoxy) is 1. The maximum atomic E-state index is 10.5. The largest absolute Gasteiger partial charge is 0.378 e. The molecule has 0 aliphatic heterocycles. The molecule has 3 unspecified atom stereocenters. The van der Waals surface area contributed by atoms with Crippen LogP contribution in [0.3, 0.4) is 0 Å². The van der Waals surface area contributed by atoms with Gasteiger partial charge in [-0.1, -0.05) is 84.5 Å². The van der Waals surface area contributed by atoms with Gasteiger partial charge >= 0.3 is 0 Å². The fourth-order valence-electron chi connectivity index (χ4n) is 3.28. The molecule has 0 aliphatic carbocycles. The summed E-state index contributed by atoms with van der Waals surface area (Å²) in [5, 5.41) is 10.5. The van der Waals surface area contributed by atoms with E-state index < -0.39 is 4.93 Å². The zero-order chi connectivity index (χ0) is 17.6. The predicted molar refractivity (Wildman–Crippen MR) is 105 cm³/mol. The van der Waals surface area contributed by atoms with Gasteiger partial charge in [0.1, 0.15) is 4.93 Å². The molecule has 0 amide bonds. The Kier molecular flexibility index (Phi) is 14.8. The average molecular weight is 347 g/mol. The number of hydrogen-bond acceptors (Lipinski definition) is 3. The molecule has 3 heteroatoms. The van der Waals surface area contributed by atoms with Crippen LogP contribution >= 0.6 is 12.6 Å². The highest BCUT2D eigenvalue weighted by atomic mass is 32.1. The van der Waals surface area contributed by atoms with E-state index in [1.165, 1.54) is 70.6 Å². The molecule has 2 nitrogen and oxygen atoms in total. The molecule has 0 bridgehead atoms. The summed E-state index contributed by atoms with van der Waals surface area (Å²) in [6.45, 7) is 6.30. The van der Waals surface area contributed by atoms with E-state index in [1.807, 2.05) is 6.92 Å². The number of aliphatic hydroxyl groups is 1. The summed E-state index contributed by atoms with van der Waals surface area (Å²) in [4.78, 5) is -1.01. The van der Waals surface area contributed by atoms with Crippen molar-refractivity contribution < 1.29 is 9.84 Å². The van der Waals surface area contributed by atoms with Crippen molar-refractivity contribution >= 4 is 12.6 Å². The van der Waals surface area contributed by atoms with E-state index in [-0.39, 0.29) is 12.0 Å². The van der Waals surface area contributed by atoms with Crippen molar-refractivity contribution in [2.45, 2.75) is 115 Å². The maximum absolute atomic E-state index is 10.5. The Morgan fingerprint density at radius 1 is 0.870 bits per heavy atom. The zero-order valence-electron chi connectivity index (χ0n) is 16.1. The van der Waals surface area contributed by atoms with Crippen LogP contribution in [0.2, 0.25) is 0 Å². The lowest BCUT2D eigenvalue weighted by molar-refractivity contribution is -0.0585. The molecule has 0 aromatic carbocycles. The van der Waals surface area contributed by atoms with Gasteiger partial charge in [0, 0.05) is 7.11 Å². The molecule has 0 saturated carbocycles. The minimum atomic E-state index is -1.01. The van der Waals surface area contributed by atoms with Crippen LogP contribution < -0.4 is 0 Å². The third-order valence-corrected chi connectivity index (χ3v) is 5.93. The summed E-state index contributed by atoms with van der Waals surface area (Å²) in [6.07, 6.45) is 16.7. The molecule has 1 N–H and O–H groups in total. The minimum Gasteiger partial charge on any atom is -0.378 e. The van der Waals surface area contributed by atoms with E-state index in [2.05, 4.69) is 26.5 Å². The minimum absolute atomic E-state index is 0.208. The van der Waals surface area contributed by atoms with Gasteiger partial charge in [-0.2, -0.15) is 0 Å². The molecule has 0 saturated heterocycles. The third-order valence-electron chi connectivity index (χ3n) is 5.20. The first kappa shape index (κ1) is 23.3. The second kappa shape index (κ2) is 14.6. The molecule has 0 fully saturated rings. The summed E-state index contributed by atoms with van der Waals surface area (Å²) in [6, 6.07) is 0. The first-order chi connectivity index (χ1) is 11.0. The van der Waals surface area contributed by atoms with Gasteiger partial charge in [0.05, 0.1) is 6.10 Å². The van der Waals surface area contributed by atoms with Gasteiger partial charge < -0.3 is 9.84 Å². The van der Waals surface area contributed by atoms with E-state index in [0.29, 0.717) is 0 Å². The van der Waals surface area contributed by atoms with E-state index in [0.717, 1.165) is 12.8 Å². The Morgan fingerprint density at radius 3 is 1.70 bits per heavy atom. The SMILES string of the molecule is CCCCCCCCCCCCCC(CC)C(O)(S)C(C)OC. The predicted octanol–water partition coefficient (Wildman–Crippen LogP) is 6.37. The van der Waals surface area contributed by atoms with Gasteiger partial charge in [-0.25, -0.2) is 0 Å². The Hall–Kier alpha value is 0.270. The van der Waals surface area contributed by atoms with Gasteiger partial charge in [0.2, 0.25) is 0 Å². The number of hydrogen-bond donors (Lipinski definition) is 2. The fourth-order valence-corrected chi connectivity index (χ4v) is 3.69. The van der Waals surface area contributed by atoms with E-state index in [1.54, 1.807) is 7.11 Å². The number of rotatable bonds is 16. The van der Waals surface area contributed by atoms with Crippen LogP contribution in [0, 0.1) is 5.92 Å². The molecule has 0 rings (SSSR count). The standard InChI is InChI=1S/C20H42O2S/c1-5-7-8-9-10-11-12-13-14-15-16-17-19(6-2)20(21,23)18(3)22-4/h18-19,21,23H,5-17H2,1-4H3. The summed E-state index contributed by atoms with van der Waals surface area (Å²) < 4.78 is 5.28. The molecular formula is C20H42O2S. The van der Waals surface area contributed by atoms with Crippen molar-refractivity contribution in [3.8, 4) is 0 Å². The Morgan fingerprint density at radius 2 is 1.30 bits per heavy atom. The van der Waals surface area contributed by atoms with Crippen molar-refractivity contribution in [3.05, 3.63) is 0 Å². The van der Waals surface area contributed by atoms with Crippen LogP contribution in [0.15, 0.2) is 0 Å². The lowest BCUT2D eigenvalue weighted by atomic mass is 9.89. The van der Waals surface area contributed by atoms with E-state index >= 15 is 0 Å². The molecule has 0 aromatic rings. The topological polar surface area (TPSA) is 29.5 Å². The average Bonchev–Trinajstić information content (AvgIpc) is 2.54. The lowest BCUT2D eigenvalue weighted by Gasteiger charge is -2.35. The van der Waals surface area contributed by atoms with Gasteiger partial charge in [0.25, 0.3) is 0 Å². The molecule has 3 atom stereocenters. The quantitative estimate of drug-likeness (QED) is 0.193. The van der Waals surface area contributed by atoms with Crippen LogP contribution in [0.25, 0.3) is 0 Å². The summed E-state index contributed by atoms with van der Waals surface area (Å²) >= 11 is 4.47. The zero-order valence-corrected chi connectivity index (χ0v) is 17.0. The summed E-state index contributed by atoms with van der Waals surface area (Å²) in [5.74, 6) is 0.208. The van der Waals surface area contributed by atoms with Gasteiger partial charge in [-0.3, -0.25) is 0 Å². The Balaban J connectivity index is 3.62. The molecule has 0 spiro atoms. The monoisotopic (exact) mass is 346 g/mol. The van der Waals surface area contributed by atoms with E-state index in [9.17, 15) is 5.11 Å². The normalized spacial score (nSPS) is 17.0. The number of methoxy groups -OCH3 is 1. The lowest BCUT2D eigenvalue weighted by Crippen LogP contribution is -2.43. The third kappa shape index (κ3) is 10.7. The van der Waals surface area contributed by atoms with Crippen LogP contribution in [0.5, 0.6) is 0 Å². The van der Waals surface area contributed by atoms with Crippen molar-refractivity contribution in [2.75, 3.05) is 7.11 Å². The highest BCUT2D eigenvalue weighted by Gasteiger charge is 2.37. The Labute approximate surface area is 151 Å². The smallest absolute Gasteiger partial charge is 0.136 e. The summed E-state index contributed by atoms with van der Waals surface area (Å²) in [5.41, 5.74) is 0. The molecule has 140 valence electrons. The van der Waals surface area contributed by atoms with Crippen LogP contribution in [0.1, 0.15) is 104 Å². The fraction of sp³-hybridized carbons (Fsp3) is 1.00. The number of thiol groups is 1. The van der Waals surface area contributed by atoms with Gasteiger partial charge in [-0.15, -0.1) is 12.6 Å². The first-order valence-corrected chi connectivity index (χ1v) is 10.4. The maximum Gasteiger partial charge on any atom is 0.136 e. The molecule has 0 heterocycles. The first-order valence-electron chi connectivity index (χ1n) is 9.98. The van der Waals surface area contributed by atoms with E-state index in [4.69, 9.17) is 4.74 Å². The van der Waals surface area contributed by atoms with Crippen LogP contribution in [-0.2, 0) is 4.74 Å². The highest BCUT2D eigenvalue weighted by molar-refractivity contribution is 7.81. The molecular weight excluding hydrogens is 304 g/mol. The molecule has 0 radical (unpaired) electrons. The number of unbranched alkanes of at least 4 members (excludes halogenated alkanes) is 10. The van der Waals surface area contributed by atoms with Crippen molar-refractivity contribution in [3.63, 3.8) is 0 Å². The molecule has 0 aromatic heterocycles. The van der Waals surface area contributed by atoms with Gasteiger partial charge in [-0.05, 0) is 25.7 Å². The second-order valence-electron chi connectivity index (χ2n) is 7.09. The van der Waals surface area contributed by atoms with Crippen molar-refractivity contribution in [1.29, 1.82) is 0 Å².